The molecular weight excluding hydrogens is 298 g/mol. The van der Waals surface area contributed by atoms with Gasteiger partial charge in [-0.1, -0.05) is 30.3 Å². The van der Waals surface area contributed by atoms with Gasteiger partial charge in [-0.25, -0.2) is 0 Å². The van der Waals surface area contributed by atoms with E-state index >= 15 is 0 Å². The lowest BCUT2D eigenvalue weighted by atomic mass is 10.2. The Hall–Kier alpha value is -1.95. The van der Waals surface area contributed by atoms with Crippen LogP contribution in [0, 0.1) is 10.1 Å². The van der Waals surface area contributed by atoms with Crippen molar-refractivity contribution in [1.29, 1.82) is 0 Å². The van der Waals surface area contributed by atoms with E-state index in [0.717, 1.165) is 5.56 Å². The van der Waals surface area contributed by atoms with Crippen molar-refractivity contribution in [2.75, 3.05) is 5.32 Å². The zero-order valence-electron chi connectivity index (χ0n) is 9.34. The van der Waals surface area contributed by atoms with E-state index in [1.807, 2.05) is 30.3 Å². The lowest BCUT2D eigenvalue weighted by Gasteiger charge is -2.08. The smallest absolute Gasteiger partial charge is 0.311 e. The van der Waals surface area contributed by atoms with Gasteiger partial charge in [0.15, 0.2) is 0 Å². The molecule has 0 saturated heterocycles. The molecule has 2 aromatic rings. The Labute approximate surface area is 112 Å². The molecule has 1 aromatic heterocycles. The summed E-state index contributed by atoms with van der Waals surface area (Å²) in [6.07, 6.45) is 2.76. The van der Waals surface area contributed by atoms with Gasteiger partial charge in [-0.05, 0) is 21.5 Å². The Morgan fingerprint density at radius 1 is 1.28 bits per heavy atom. The van der Waals surface area contributed by atoms with Gasteiger partial charge < -0.3 is 5.32 Å². The number of anilines is 1. The van der Waals surface area contributed by atoms with Crippen molar-refractivity contribution in [3.8, 4) is 0 Å². The Morgan fingerprint density at radius 2 is 2.00 bits per heavy atom. The van der Waals surface area contributed by atoms with Gasteiger partial charge in [0.05, 0.1) is 9.40 Å². The van der Waals surface area contributed by atoms with Gasteiger partial charge in [0.1, 0.15) is 11.9 Å². The quantitative estimate of drug-likeness (QED) is 0.694. The highest BCUT2D eigenvalue weighted by atomic mass is 79.9. The summed E-state index contributed by atoms with van der Waals surface area (Å²) in [5.74, 6) is 0. The maximum atomic E-state index is 10.9. The second kappa shape index (κ2) is 5.59. The molecule has 0 radical (unpaired) electrons. The number of aromatic nitrogens is 1. The molecule has 18 heavy (non-hydrogen) atoms. The van der Waals surface area contributed by atoms with Gasteiger partial charge in [0.25, 0.3) is 0 Å². The molecule has 92 valence electrons. The van der Waals surface area contributed by atoms with Gasteiger partial charge in [-0.3, -0.25) is 15.1 Å². The van der Waals surface area contributed by atoms with Gasteiger partial charge in [0, 0.05) is 12.7 Å². The Balaban J connectivity index is 2.21. The predicted molar refractivity (Wildman–Crippen MR) is 72.4 cm³/mol. The first-order chi connectivity index (χ1) is 8.68. The molecule has 0 unspecified atom stereocenters. The zero-order chi connectivity index (χ0) is 13.0. The summed E-state index contributed by atoms with van der Waals surface area (Å²) >= 11 is 3.26. The first-order valence-electron chi connectivity index (χ1n) is 5.24. The van der Waals surface area contributed by atoms with Crippen molar-refractivity contribution < 1.29 is 4.92 Å². The molecule has 0 aliphatic rings. The molecule has 0 bridgehead atoms. The molecule has 0 aliphatic carbocycles. The van der Waals surface area contributed by atoms with E-state index < -0.39 is 4.92 Å². The third-order valence-electron chi connectivity index (χ3n) is 2.39. The monoisotopic (exact) mass is 307 g/mol. The summed E-state index contributed by atoms with van der Waals surface area (Å²) in [5, 5.41) is 13.9. The fourth-order valence-electron chi connectivity index (χ4n) is 1.52. The number of pyridine rings is 1. The molecule has 0 aliphatic heterocycles. The number of nitrogens with one attached hydrogen (secondary N) is 1. The van der Waals surface area contributed by atoms with Crippen LogP contribution in [0.3, 0.4) is 0 Å². The van der Waals surface area contributed by atoms with E-state index in [1.165, 1.54) is 12.4 Å². The van der Waals surface area contributed by atoms with Crippen LogP contribution in [0.25, 0.3) is 0 Å². The minimum absolute atomic E-state index is 0.0414. The number of benzene rings is 1. The first kappa shape index (κ1) is 12.5. The molecule has 0 saturated carbocycles. The summed E-state index contributed by atoms with van der Waals surface area (Å²) in [4.78, 5) is 14.2. The van der Waals surface area contributed by atoms with Crippen molar-refractivity contribution in [3.05, 3.63) is 62.9 Å². The van der Waals surface area contributed by atoms with E-state index in [2.05, 4.69) is 26.2 Å². The summed E-state index contributed by atoms with van der Waals surface area (Å²) in [7, 11) is 0. The second-order valence-corrected chi connectivity index (χ2v) is 4.47. The summed E-state index contributed by atoms with van der Waals surface area (Å²) in [6.45, 7) is 0.518. The number of nitro groups is 1. The molecule has 1 aromatic carbocycles. The largest absolute Gasteiger partial charge is 0.374 e. The van der Waals surface area contributed by atoms with Crippen molar-refractivity contribution in [2.45, 2.75) is 6.54 Å². The normalized spacial score (nSPS) is 10.1. The number of halogens is 1. The molecule has 0 spiro atoms. The van der Waals surface area contributed by atoms with Crippen LogP contribution in [-0.4, -0.2) is 9.91 Å². The van der Waals surface area contributed by atoms with Gasteiger partial charge in [-0.15, -0.1) is 0 Å². The van der Waals surface area contributed by atoms with Crippen LogP contribution in [-0.2, 0) is 6.54 Å². The van der Waals surface area contributed by atoms with E-state index in [9.17, 15) is 10.1 Å². The SMILES string of the molecule is O=[N+]([O-])c1cncc(Br)c1NCc1ccccc1. The summed E-state index contributed by atoms with van der Waals surface area (Å²) in [6, 6.07) is 9.68. The number of nitrogens with zero attached hydrogens (tertiary/aromatic N) is 2. The Morgan fingerprint density at radius 3 is 2.67 bits per heavy atom. The summed E-state index contributed by atoms with van der Waals surface area (Å²) in [5.41, 5.74) is 1.45. The Bertz CT molecular complexity index is 561. The zero-order valence-corrected chi connectivity index (χ0v) is 10.9. The standard InChI is InChI=1S/C12H10BrN3O2/c13-10-7-14-8-11(16(17)18)12(10)15-6-9-4-2-1-3-5-9/h1-5,7-8H,6H2,(H,14,15). The minimum atomic E-state index is -0.453. The van der Waals surface area contributed by atoms with E-state index in [4.69, 9.17) is 0 Å². The molecule has 0 fully saturated rings. The maximum Gasteiger partial charge on any atom is 0.311 e. The number of hydrogen-bond donors (Lipinski definition) is 1. The van der Waals surface area contributed by atoms with E-state index in [-0.39, 0.29) is 5.69 Å². The fraction of sp³-hybridized carbons (Fsp3) is 0.0833. The highest BCUT2D eigenvalue weighted by Crippen LogP contribution is 2.31. The molecule has 1 heterocycles. The minimum Gasteiger partial charge on any atom is -0.374 e. The van der Waals surface area contributed by atoms with Crippen LogP contribution < -0.4 is 5.32 Å². The number of rotatable bonds is 4. The second-order valence-electron chi connectivity index (χ2n) is 3.61. The lowest BCUT2D eigenvalue weighted by Crippen LogP contribution is -2.03. The highest BCUT2D eigenvalue weighted by Gasteiger charge is 2.16. The van der Waals surface area contributed by atoms with Gasteiger partial charge in [0.2, 0.25) is 0 Å². The van der Waals surface area contributed by atoms with Crippen molar-refractivity contribution in [2.24, 2.45) is 0 Å². The lowest BCUT2D eigenvalue weighted by molar-refractivity contribution is -0.384. The van der Waals surface area contributed by atoms with Crippen LogP contribution in [0.1, 0.15) is 5.56 Å². The molecule has 0 amide bonds. The summed E-state index contributed by atoms with van der Waals surface area (Å²) < 4.78 is 0.577. The average Bonchev–Trinajstić information content (AvgIpc) is 2.38. The topological polar surface area (TPSA) is 68.1 Å². The average molecular weight is 308 g/mol. The van der Waals surface area contributed by atoms with Crippen LogP contribution in [0.2, 0.25) is 0 Å². The van der Waals surface area contributed by atoms with Crippen molar-refractivity contribution >= 4 is 27.3 Å². The third-order valence-corrected chi connectivity index (χ3v) is 2.99. The first-order valence-corrected chi connectivity index (χ1v) is 6.03. The van der Waals surface area contributed by atoms with Gasteiger partial charge in [-0.2, -0.15) is 0 Å². The Kier molecular flexibility index (Phi) is 3.88. The molecular formula is C12H10BrN3O2. The highest BCUT2D eigenvalue weighted by molar-refractivity contribution is 9.10. The van der Waals surface area contributed by atoms with E-state index in [0.29, 0.717) is 16.7 Å². The van der Waals surface area contributed by atoms with Crippen LogP contribution in [0.5, 0.6) is 0 Å². The van der Waals surface area contributed by atoms with Crippen molar-refractivity contribution in [3.63, 3.8) is 0 Å². The van der Waals surface area contributed by atoms with Crippen LogP contribution in [0.4, 0.5) is 11.4 Å². The molecule has 2 rings (SSSR count). The third kappa shape index (κ3) is 2.84. The van der Waals surface area contributed by atoms with Gasteiger partial charge >= 0.3 is 5.69 Å². The van der Waals surface area contributed by atoms with Crippen LogP contribution >= 0.6 is 15.9 Å². The number of hydrogen-bond acceptors (Lipinski definition) is 4. The van der Waals surface area contributed by atoms with Crippen LogP contribution in [0.15, 0.2) is 47.2 Å². The molecule has 6 heteroatoms. The maximum absolute atomic E-state index is 10.9. The van der Waals surface area contributed by atoms with E-state index in [1.54, 1.807) is 0 Å². The molecule has 5 nitrogen and oxygen atoms in total. The fourth-order valence-corrected chi connectivity index (χ4v) is 1.99. The molecule has 1 N–H and O–H groups in total. The molecule has 0 atom stereocenters. The predicted octanol–water partition coefficient (Wildman–Crippen LogP) is 3.36. The van der Waals surface area contributed by atoms with Crippen molar-refractivity contribution in [1.82, 2.24) is 4.98 Å².